The molecule has 0 aliphatic heterocycles. The highest BCUT2D eigenvalue weighted by atomic mass is 35.5. The van der Waals surface area contributed by atoms with Gasteiger partial charge in [-0.25, -0.2) is 8.42 Å². The number of anilines is 1. The van der Waals surface area contributed by atoms with Crippen LogP contribution in [0.5, 0.6) is 5.75 Å². The number of amides is 2. The Balaban J connectivity index is 2.21. The van der Waals surface area contributed by atoms with E-state index in [1.54, 1.807) is 24.0 Å². The minimum Gasteiger partial charge on any atom is -0.495 e. The molecule has 0 saturated heterocycles. The van der Waals surface area contributed by atoms with Crippen LogP contribution in [0.25, 0.3) is 0 Å². The Labute approximate surface area is 226 Å². The first kappa shape index (κ1) is 30.4. The van der Waals surface area contributed by atoms with Gasteiger partial charge >= 0.3 is 0 Å². The molecule has 204 valence electrons. The van der Waals surface area contributed by atoms with Gasteiger partial charge in [0, 0.05) is 25.0 Å². The largest absolute Gasteiger partial charge is 0.495 e. The highest BCUT2D eigenvalue weighted by Crippen LogP contribution is 2.30. The molecule has 0 aliphatic carbocycles. The molecule has 10 heteroatoms. The van der Waals surface area contributed by atoms with Crippen LogP contribution in [0, 0.1) is 6.92 Å². The van der Waals surface area contributed by atoms with E-state index in [0.29, 0.717) is 11.4 Å². The monoisotopic (exact) mass is 551 g/mol. The molecule has 0 radical (unpaired) electrons. The molecule has 8 nitrogen and oxygen atoms in total. The van der Waals surface area contributed by atoms with E-state index in [-0.39, 0.29) is 42.8 Å². The summed E-state index contributed by atoms with van der Waals surface area (Å²) in [5, 5.41) is 3.22. The third kappa shape index (κ3) is 9.23. The van der Waals surface area contributed by atoms with Gasteiger partial charge in [-0.05, 0) is 64.8 Å². The molecule has 0 spiro atoms. The average molecular weight is 552 g/mol. The lowest BCUT2D eigenvalue weighted by Gasteiger charge is -2.32. The van der Waals surface area contributed by atoms with Crippen molar-refractivity contribution in [2.24, 2.45) is 0 Å². The summed E-state index contributed by atoms with van der Waals surface area (Å²) >= 11 is 6.20. The standard InChI is InChI=1S/C27H38ClN3O5S/c1-19-10-8-11-21(16-19)18-30(20(2)26(33)29-27(3,4)5)25(32)12-9-15-31(37(7,34)35)22-13-14-24(36-6)23(28)17-22/h8,10-11,13-14,16-17,20H,9,12,15,18H2,1-7H3,(H,29,33)/t20-/m1/s1. The lowest BCUT2D eigenvalue weighted by molar-refractivity contribution is -0.141. The Morgan fingerprint density at radius 2 is 1.81 bits per heavy atom. The van der Waals surface area contributed by atoms with Gasteiger partial charge in [-0.15, -0.1) is 0 Å². The summed E-state index contributed by atoms with van der Waals surface area (Å²) in [5.41, 5.74) is 1.90. The van der Waals surface area contributed by atoms with Crippen LogP contribution >= 0.6 is 11.6 Å². The predicted molar refractivity (Wildman–Crippen MR) is 149 cm³/mol. The summed E-state index contributed by atoms with van der Waals surface area (Å²) in [5.74, 6) is -0.0539. The number of methoxy groups -OCH3 is 1. The van der Waals surface area contributed by atoms with Crippen LogP contribution in [0.1, 0.15) is 51.7 Å². The van der Waals surface area contributed by atoms with E-state index in [2.05, 4.69) is 5.32 Å². The Kier molecular flexibility index (Phi) is 10.4. The van der Waals surface area contributed by atoms with Crippen molar-refractivity contribution < 1.29 is 22.7 Å². The lowest BCUT2D eigenvalue weighted by atomic mass is 10.1. The molecule has 0 fully saturated rings. The van der Waals surface area contributed by atoms with Gasteiger partial charge in [0.15, 0.2) is 0 Å². The highest BCUT2D eigenvalue weighted by Gasteiger charge is 2.28. The molecule has 2 rings (SSSR count). The van der Waals surface area contributed by atoms with Crippen molar-refractivity contribution in [1.29, 1.82) is 0 Å². The maximum absolute atomic E-state index is 13.4. The van der Waals surface area contributed by atoms with Crippen LogP contribution in [-0.2, 0) is 26.2 Å². The number of nitrogens with zero attached hydrogens (tertiary/aromatic N) is 2. The molecular formula is C27H38ClN3O5S. The SMILES string of the molecule is COc1ccc(N(CCCC(=O)N(Cc2cccc(C)c2)[C@H](C)C(=O)NC(C)(C)C)S(C)(=O)=O)cc1Cl. The Hall–Kier alpha value is -2.78. The molecular weight excluding hydrogens is 514 g/mol. The summed E-state index contributed by atoms with van der Waals surface area (Å²) < 4.78 is 31.4. The van der Waals surface area contributed by atoms with Gasteiger partial charge in [-0.3, -0.25) is 13.9 Å². The minimum atomic E-state index is -3.63. The first-order valence-corrected chi connectivity index (χ1v) is 14.3. The number of rotatable bonds is 11. The topological polar surface area (TPSA) is 96.0 Å². The van der Waals surface area contributed by atoms with E-state index in [1.807, 2.05) is 52.0 Å². The van der Waals surface area contributed by atoms with E-state index in [1.165, 1.54) is 17.5 Å². The summed E-state index contributed by atoms with van der Waals surface area (Å²) in [6, 6.07) is 11.8. The first-order chi connectivity index (χ1) is 17.1. The van der Waals surface area contributed by atoms with Gasteiger partial charge in [0.05, 0.1) is 24.1 Å². The maximum atomic E-state index is 13.4. The fourth-order valence-corrected chi connectivity index (χ4v) is 5.09. The van der Waals surface area contributed by atoms with Gasteiger partial charge in [-0.2, -0.15) is 0 Å². The number of carbonyl (C=O) groups is 2. The molecule has 2 aromatic rings. The number of hydrogen-bond donors (Lipinski definition) is 1. The van der Waals surface area contributed by atoms with Crippen LogP contribution in [0.3, 0.4) is 0 Å². The molecule has 2 amide bonds. The second kappa shape index (κ2) is 12.6. The van der Waals surface area contributed by atoms with Gasteiger partial charge in [0.25, 0.3) is 0 Å². The van der Waals surface area contributed by atoms with Crippen molar-refractivity contribution >= 4 is 39.1 Å². The van der Waals surface area contributed by atoms with Crippen molar-refractivity contribution in [3.05, 3.63) is 58.6 Å². The van der Waals surface area contributed by atoms with Gasteiger partial charge < -0.3 is 15.0 Å². The Bertz CT molecular complexity index is 1210. The zero-order valence-corrected chi connectivity index (χ0v) is 24.2. The van der Waals surface area contributed by atoms with E-state index in [4.69, 9.17) is 16.3 Å². The summed E-state index contributed by atoms with van der Waals surface area (Å²) in [4.78, 5) is 27.9. The molecule has 0 aliphatic rings. The van der Waals surface area contributed by atoms with Crippen LogP contribution < -0.4 is 14.4 Å². The van der Waals surface area contributed by atoms with Crippen molar-refractivity contribution in [1.82, 2.24) is 10.2 Å². The first-order valence-electron chi connectivity index (χ1n) is 12.1. The highest BCUT2D eigenvalue weighted by molar-refractivity contribution is 7.92. The quantitative estimate of drug-likeness (QED) is 0.442. The van der Waals surface area contributed by atoms with Gasteiger partial charge in [0.2, 0.25) is 21.8 Å². The Morgan fingerprint density at radius 1 is 1.14 bits per heavy atom. The number of nitrogens with one attached hydrogen (secondary N) is 1. The molecule has 0 saturated carbocycles. The molecule has 37 heavy (non-hydrogen) atoms. The van der Waals surface area contributed by atoms with Crippen LogP contribution in [0.4, 0.5) is 5.69 Å². The van der Waals surface area contributed by atoms with Crippen LogP contribution in [0.2, 0.25) is 5.02 Å². The number of ether oxygens (including phenoxy) is 1. The van der Waals surface area contributed by atoms with Crippen molar-refractivity contribution in [3.63, 3.8) is 0 Å². The lowest BCUT2D eigenvalue weighted by Crippen LogP contribution is -2.52. The molecule has 0 bridgehead atoms. The number of carbonyl (C=O) groups excluding carboxylic acids is 2. The Morgan fingerprint density at radius 3 is 2.35 bits per heavy atom. The summed E-state index contributed by atoms with van der Waals surface area (Å²) in [6.07, 6.45) is 1.43. The third-order valence-corrected chi connectivity index (χ3v) is 7.17. The molecule has 0 heterocycles. The van der Waals surface area contributed by atoms with Crippen LogP contribution in [0.15, 0.2) is 42.5 Å². The number of aryl methyl sites for hydroxylation is 1. The number of hydrogen-bond acceptors (Lipinski definition) is 5. The molecule has 0 unspecified atom stereocenters. The average Bonchev–Trinajstić information content (AvgIpc) is 2.77. The normalized spacial score (nSPS) is 12.5. The van der Waals surface area contributed by atoms with E-state index < -0.39 is 21.6 Å². The molecule has 2 aromatic carbocycles. The zero-order valence-electron chi connectivity index (χ0n) is 22.7. The zero-order chi connectivity index (χ0) is 28.0. The van der Waals surface area contributed by atoms with Crippen LogP contribution in [-0.4, -0.2) is 56.6 Å². The van der Waals surface area contributed by atoms with Gasteiger partial charge in [-0.1, -0.05) is 41.4 Å². The molecule has 1 N–H and O–H groups in total. The predicted octanol–water partition coefficient (Wildman–Crippen LogP) is 4.54. The van der Waals surface area contributed by atoms with E-state index in [0.717, 1.165) is 17.4 Å². The fraction of sp³-hybridized carbons (Fsp3) is 0.481. The second-order valence-corrected chi connectivity index (χ2v) is 12.5. The van der Waals surface area contributed by atoms with E-state index >= 15 is 0 Å². The van der Waals surface area contributed by atoms with E-state index in [9.17, 15) is 18.0 Å². The fourth-order valence-electron chi connectivity index (χ4n) is 3.88. The molecule has 1 atom stereocenters. The number of benzene rings is 2. The minimum absolute atomic E-state index is 0.0643. The third-order valence-electron chi connectivity index (χ3n) is 5.68. The van der Waals surface area contributed by atoms with Crippen molar-refractivity contribution in [2.75, 3.05) is 24.2 Å². The van der Waals surface area contributed by atoms with Crippen molar-refractivity contribution in [2.45, 2.75) is 65.6 Å². The second-order valence-electron chi connectivity index (χ2n) is 10.2. The smallest absolute Gasteiger partial charge is 0.242 e. The molecule has 0 aromatic heterocycles. The van der Waals surface area contributed by atoms with Crippen molar-refractivity contribution in [3.8, 4) is 5.75 Å². The number of sulfonamides is 1. The van der Waals surface area contributed by atoms with Gasteiger partial charge in [0.1, 0.15) is 11.8 Å². The number of halogens is 1. The summed E-state index contributed by atoms with van der Waals surface area (Å²) in [6.45, 7) is 9.67. The summed E-state index contributed by atoms with van der Waals surface area (Å²) in [7, 11) is -2.15. The maximum Gasteiger partial charge on any atom is 0.242 e.